The molecule has 1 N–H and O–H groups in total. The number of hydrogen-bond donors (Lipinski definition) is 1. The highest BCUT2D eigenvalue weighted by Crippen LogP contribution is 2.22. The van der Waals surface area contributed by atoms with E-state index in [1.165, 1.54) is 11.2 Å². The molecule has 2 aromatic rings. The van der Waals surface area contributed by atoms with Crippen molar-refractivity contribution in [2.75, 3.05) is 25.0 Å². The number of furan rings is 1. The number of amides is 2. The van der Waals surface area contributed by atoms with E-state index in [0.717, 1.165) is 18.6 Å². The largest absolute Gasteiger partial charge is 0.494 e. The molecule has 3 rings (SSSR count). The summed E-state index contributed by atoms with van der Waals surface area (Å²) in [4.78, 5) is 13.7. The van der Waals surface area contributed by atoms with E-state index >= 15 is 0 Å². The van der Waals surface area contributed by atoms with Crippen LogP contribution in [0.4, 0.5) is 10.5 Å². The zero-order valence-corrected chi connectivity index (χ0v) is 16.1. The highest BCUT2D eigenvalue weighted by atomic mass is 32.2. The fourth-order valence-electron chi connectivity index (χ4n) is 2.71. The van der Waals surface area contributed by atoms with Gasteiger partial charge in [-0.3, -0.25) is 0 Å². The van der Waals surface area contributed by atoms with E-state index in [9.17, 15) is 13.2 Å². The predicted molar refractivity (Wildman–Crippen MR) is 103 cm³/mol. The van der Waals surface area contributed by atoms with Crippen LogP contribution < -0.4 is 10.1 Å². The monoisotopic (exact) mass is 392 g/mol. The van der Waals surface area contributed by atoms with Crippen molar-refractivity contribution in [3.05, 3.63) is 48.4 Å². The number of rotatable bonds is 8. The third-order valence-corrected chi connectivity index (χ3v) is 6.44. The van der Waals surface area contributed by atoms with Gasteiger partial charge in [-0.1, -0.05) is 13.3 Å². The predicted octanol–water partition coefficient (Wildman–Crippen LogP) is 3.29. The van der Waals surface area contributed by atoms with E-state index in [1.807, 2.05) is 0 Å². The molecule has 1 aromatic carbocycles. The summed E-state index contributed by atoms with van der Waals surface area (Å²) in [6.45, 7) is 3.15. The highest BCUT2D eigenvalue weighted by molar-refractivity contribution is 7.91. The Morgan fingerprint density at radius 1 is 1.26 bits per heavy atom. The fourth-order valence-corrected chi connectivity index (χ4v) is 4.32. The van der Waals surface area contributed by atoms with Gasteiger partial charge in [0.15, 0.2) is 9.84 Å². The molecule has 146 valence electrons. The van der Waals surface area contributed by atoms with Gasteiger partial charge in [-0.15, -0.1) is 0 Å². The number of likely N-dealkylation sites (tertiary alicyclic amines) is 1. The molecule has 7 nitrogen and oxygen atoms in total. The molecular weight excluding hydrogens is 368 g/mol. The van der Waals surface area contributed by atoms with Crippen LogP contribution in [0.2, 0.25) is 0 Å². The van der Waals surface area contributed by atoms with Crippen molar-refractivity contribution in [3.8, 4) is 5.75 Å². The average Bonchev–Trinajstić information content (AvgIpc) is 3.07. The average molecular weight is 392 g/mol. The molecule has 8 heteroatoms. The molecule has 1 aromatic heterocycles. The Kier molecular flexibility index (Phi) is 6.05. The molecule has 27 heavy (non-hydrogen) atoms. The van der Waals surface area contributed by atoms with Crippen LogP contribution in [0.1, 0.15) is 25.5 Å². The van der Waals surface area contributed by atoms with Crippen LogP contribution in [0, 0.1) is 0 Å². The number of carbonyl (C=O) groups is 1. The molecule has 1 fully saturated rings. The SMILES string of the molecule is CCCCOc1ccc(NC(=O)N2CC(S(=O)(=O)Cc3ccco3)C2)cc1. The van der Waals surface area contributed by atoms with Crippen molar-refractivity contribution in [1.82, 2.24) is 4.90 Å². The molecule has 1 aliphatic heterocycles. The quantitative estimate of drug-likeness (QED) is 0.697. The summed E-state index contributed by atoms with van der Waals surface area (Å²) >= 11 is 0. The van der Waals surface area contributed by atoms with Crippen molar-refractivity contribution in [1.29, 1.82) is 0 Å². The Bertz CT molecular complexity index is 841. The maximum atomic E-state index is 12.3. The number of carbonyl (C=O) groups excluding carboxylic acids is 1. The lowest BCUT2D eigenvalue weighted by atomic mass is 10.2. The van der Waals surface area contributed by atoms with E-state index in [-0.39, 0.29) is 24.9 Å². The third-order valence-electron chi connectivity index (χ3n) is 4.44. The van der Waals surface area contributed by atoms with Crippen LogP contribution in [0.25, 0.3) is 0 Å². The molecular formula is C19H24N2O5S. The van der Waals surface area contributed by atoms with Crippen molar-refractivity contribution < 1.29 is 22.4 Å². The second kappa shape index (κ2) is 8.47. The van der Waals surface area contributed by atoms with Gasteiger partial charge in [0, 0.05) is 18.8 Å². The topological polar surface area (TPSA) is 88.9 Å². The summed E-state index contributed by atoms with van der Waals surface area (Å²) in [5, 5.41) is 2.22. The van der Waals surface area contributed by atoms with Crippen molar-refractivity contribution >= 4 is 21.6 Å². The summed E-state index contributed by atoms with van der Waals surface area (Å²) in [6.07, 6.45) is 3.52. The van der Waals surface area contributed by atoms with Gasteiger partial charge >= 0.3 is 6.03 Å². The van der Waals surface area contributed by atoms with E-state index in [0.29, 0.717) is 18.1 Å². The van der Waals surface area contributed by atoms with Gasteiger partial charge in [-0.25, -0.2) is 13.2 Å². The second-order valence-corrected chi connectivity index (χ2v) is 8.85. The maximum absolute atomic E-state index is 12.3. The molecule has 0 spiro atoms. The molecule has 0 atom stereocenters. The number of hydrogen-bond acceptors (Lipinski definition) is 5. The summed E-state index contributed by atoms with van der Waals surface area (Å²) in [5.41, 5.74) is 0.643. The van der Waals surface area contributed by atoms with Crippen molar-refractivity contribution in [2.45, 2.75) is 30.8 Å². The van der Waals surface area contributed by atoms with Gasteiger partial charge < -0.3 is 19.4 Å². The smallest absolute Gasteiger partial charge is 0.321 e. The van der Waals surface area contributed by atoms with Crippen LogP contribution >= 0.6 is 0 Å². The number of nitrogens with zero attached hydrogens (tertiary/aromatic N) is 1. The number of unbranched alkanes of at least 4 members (excludes halogenated alkanes) is 1. The van der Waals surface area contributed by atoms with Gasteiger partial charge in [0.25, 0.3) is 0 Å². The fraction of sp³-hybridized carbons (Fsp3) is 0.421. The summed E-state index contributed by atoms with van der Waals surface area (Å²) in [5.74, 6) is 1.04. The lowest BCUT2D eigenvalue weighted by Crippen LogP contribution is -2.58. The normalized spacial score (nSPS) is 14.6. The molecule has 0 bridgehead atoms. The first-order valence-corrected chi connectivity index (χ1v) is 10.7. The number of anilines is 1. The lowest BCUT2D eigenvalue weighted by molar-refractivity contribution is 0.182. The molecule has 0 saturated carbocycles. The van der Waals surface area contributed by atoms with Gasteiger partial charge in [-0.05, 0) is 42.8 Å². The summed E-state index contributed by atoms with van der Waals surface area (Å²) in [6, 6.07) is 10.1. The third kappa shape index (κ3) is 5.03. The Morgan fingerprint density at radius 2 is 2.00 bits per heavy atom. The number of nitrogens with one attached hydrogen (secondary N) is 1. The molecule has 1 saturated heterocycles. The van der Waals surface area contributed by atoms with Crippen molar-refractivity contribution in [2.24, 2.45) is 0 Å². The minimum atomic E-state index is -3.33. The standard InChI is InChI=1S/C19H24N2O5S/c1-2-3-10-25-16-8-6-15(7-9-16)20-19(22)21-12-18(13-21)27(23,24)14-17-5-4-11-26-17/h4-9,11,18H,2-3,10,12-14H2,1H3,(H,20,22). The Balaban J connectivity index is 1.46. The number of sulfone groups is 1. The summed E-state index contributed by atoms with van der Waals surface area (Å²) < 4.78 is 35.3. The number of ether oxygens (including phenoxy) is 1. The molecule has 0 aliphatic carbocycles. The molecule has 0 radical (unpaired) electrons. The van der Waals surface area contributed by atoms with E-state index in [2.05, 4.69) is 12.2 Å². The zero-order chi connectivity index (χ0) is 19.3. The first-order chi connectivity index (χ1) is 13.0. The number of urea groups is 1. The molecule has 2 heterocycles. The highest BCUT2D eigenvalue weighted by Gasteiger charge is 2.40. The Hall–Kier alpha value is -2.48. The molecule has 1 aliphatic rings. The van der Waals surface area contributed by atoms with Crippen LogP contribution in [0.5, 0.6) is 5.75 Å². The van der Waals surface area contributed by atoms with Crippen LogP contribution in [0.15, 0.2) is 47.1 Å². The second-order valence-electron chi connectivity index (χ2n) is 6.57. The maximum Gasteiger partial charge on any atom is 0.321 e. The van der Waals surface area contributed by atoms with E-state index in [1.54, 1.807) is 36.4 Å². The van der Waals surface area contributed by atoms with Gasteiger partial charge in [0.1, 0.15) is 17.3 Å². The lowest BCUT2D eigenvalue weighted by Gasteiger charge is -2.38. The van der Waals surface area contributed by atoms with Crippen LogP contribution in [0.3, 0.4) is 0 Å². The van der Waals surface area contributed by atoms with Gasteiger partial charge in [0.2, 0.25) is 0 Å². The first kappa shape index (κ1) is 19.3. The Labute approximate surface area is 159 Å². The van der Waals surface area contributed by atoms with Crippen molar-refractivity contribution in [3.63, 3.8) is 0 Å². The first-order valence-electron chi connectivity index (χ1n) is 9.00. The van der Waals surface area contributed by atoms with Crippen LogP contribution in [-0.4, -0.2) is 44.3 Å². The van der Waals surface area contributed by atoms with Gasteiger partial charge in [-0.2, -0.15) is 0 Å². The minimum absolute atomic E-state index is 0.139. The Morgan fingerprint density at radius 3 is 2.63 bits per heavy atom. The minimum Gasteiger partial charge on any atom is -0.494 e. The van der Waals surface area contributed by atoms with E-state index in [4.69, 9.17) is 9.15 Å². The summed E-state index contributed by atoms with van der Waals surface area (Å²) in [7, 11) is -3.33. The van der Waals surface area contributed by atoms with Gasteiger partial charge in [0.05, 0.1) is 18.1 Å². The van der Waals surface area contributed by atoms with Crippen LogP contribution in [-0.2, 0) is 15.6 Å². The molecule has 0 unspecified atom stereocenters. The molecule has 2 amide bonds. The number of benzene rings is 1. The van der Waals surface area contributed by atoms with E-state index < -0.39 is 15.1 Å². The zero-order valence-electron chi connectivity index (χ0n) is 15.3.